The zero-order valence-corrected chi connectivity index (χ0v) is 12.3. The van der Waals surface area contributed by atoms with Gasteiger partial charge in [0.1, 0.15) is 0 Å². The van der Waals surface area contributed by atoms with E-state index >= 15 is 0 Å². The van der Waals surface area contributed by atoms with Crippen LogP contribution in [0, 0.1) is 0 Å². The molecule has 106 valence electrons. The molecular weight excluding hydrogens is 236 g/mol. The molecule has 2 N–H and O–H groups in total. The van der Waals surface area contributed by atoms with Crippen molar-refractivity contribution in [3.63, 3.8) is 0 Å². The Bertz CT molecular complexity index is 395. The lowest BCUT2D eigenvalue weighted by molar-refractivity contribution is -0.0618. The molecule has 2 rings (SSSR count). The number of benzene rings is 1. The molecule has 1 aromatic carbocycles. The fraction of sp³-hybridized carbons (Fsp3) is 0.625. The van der Waals surface area contributed by atoms with E-state index < -0.39 is 0 Å². The molecule has 0 radical (unpaired) electrons. The van der Waals surface area contributed by atoms with E-state index in [1.807, 2.05) is 13.2 Å². The number of likely N-dealkylation sites (tertiary alicyclic amines) is 1. The van der Waals surface area contributed by atoms with Gasteiger partial charge in [-0.3, -0.25) is 4.90 Å². The van der Waals surface area contributed by atoms with E-state index in [4.69, 9.17) is 10.5 Å². The molecule has 1 aliphatic heterocycles. The molecule has 3 atom stereocenters. The Kier molecular flexibility index (Phi) is 4.61. The van der Waals surface area contributed by atoms with Gasteiger partial charge in [-0.05, 0) is 38.8 Å². The fourth-order valence-electron chi connectivity index (χ4n) is 2.94. The summed E-state index contributed by atoms with van der Waals surface area (Å²) >= 11 is 0. The van der Waals surface area contributed by atoms with Gasteiger partial charge in [0, 0.05) is 25.7 Å². The van der Waals surface area contributed by atoms with Gasteiger partial charge in [-0.1, -0.05) is 30.3 Å². The maximum Gasteiger partial charge on any atom is 0.0777 e. The number of ether oxygens (including phenoxy) is 1. The van der Waals surface area contributed by atoms with E-state index in [1.165, 1.54) is 12.0 Å². The lowest BCUT2D eigenvalue weighted by Gasteiger charge is -2.43. The van der Waals surface area contributed by atoms with Crippen LogP contribution in [0.5, 0.6) is 0 Å². The van der Waals surface area contributed by atoms with E-state index in [1.54, 1.807) is 0 Å². The molecule has 0 amide bonds. The Hall–Kier alpha value is -0.900. The zero-order valence-electron chi connectivity index (χ0n) is 12.3. The maximum atomic E-state index is 6.42. The van der Waals surface area contributed by atoms with Crippen molar-refractivity contribution in [2.24, 2.45) is 5.73 Å². The number of nitrogens with zero attached hydrogens (tertiary/aromatic N) is 1. The van der Waals surface area contributed by atoms with Crippen LogP contribution in [0.15, 0.2) is 30.3 Å². The smallest absolute Gasteiger partial charge is 0.0777 e. The third kappa shape index (κ3) is 3.35. The van der Waals surface area contributed by atoms with Gasteiger partial charge in [-0.2, -0.15) is 0 Å². The third-order valence-corrected chi connectivity index (χ3v) is 4.46. The normalized spacial score (nSPS) is 28.0. The number of nitrogens with two attached hydrogens (primary N) is 1. The maximum absolute atomic E-state index is 6.42. The number of piperidine rings is 1. The molecule has 1 saturated heterocycles. The summed E-state index contributed by atoms with van der Waals surface area (Å²) in [6, 6.07) is 10.7. The van der Waals surface area contributed by atoms with Crippen LogP contribution in [0.4, 0.5) is 0 Å². The summed E-state index contributed by atoms with van der Waals surface area (Å²) in [5, 5.41) is 0. The second-order valence-electron chi connectivity index (χ2n) is 5.91. The van der Waals surface area contributed by atoms with Crippen molar-refractivity contribution in [3.05, 3.63) is 35.9 Å². The highest BCUT2D eigenvalue weighted by atomic mass is 16.5. The largest absolute Gasteiger partial charge is 0.377 e. The van der Waals surface area contributed by atoms with Crippen molar-refractivity contribution in [3.8, 4) is 0 Å². The summed E-state index contributed by atoms with van der Waals surface area (Å²) in [6.07, 6.45) is 2.31. The van der Waals surface area contributed by atoms with Crippen LogP contribution in [-0.4, -0.2) is 36.7 Å². The predicted molar refractivity (Wildman–Crippen MR) is 79.1 cm³/mol. The first-order valence-corrected chi connectivity index (χ1v) is 7.15. The molecule has 0 aliphatic carbocycles. The highest BCUT2D eigenvalue weighted by molar-refractivity contribution is 5.20. The fourth-order valence-corrected chi connectivity index (χ4v) is 2.94. The van der Waals surface area contributed by atoms with Gasteiger partial charge in [0.05, 0.1) is 5.60 Å². The minimum Gasteiger partial charge on any atom is -0.377 e. The summed E-state index contributed by atoms with van der Waals surface area (Å²) < 4.78 is 5.66. The van der Waals surface area contributed by atoms with Crippen molar-refractivity contribution in [2.75, 3.05) is 20.2 Å². The van der Waals surface area contributed by atoms with Gasteiger partial charge < -0.3 is 10.5 Å². The van der Waals surface area contributed by atoms with E-state index in [2.05, 4.69) is 43.0 Å². The van der Waals surface area contributed by atoms with Crippen LogP contribution in [0.3, 0.4) is 0 Å². The first-order chi connectivity index (χ1) is 9.06. The van der Waals surface area contributed by atoms with Gasteiger partial charge in [-0.25, -0.2) is 0 Å². The number of methoxy groups -OCH3 is 1. The molecule has 3 nitrogen and oxygen atoms in total. The van der Waals surface area contributed by atoms with Crippen LogP contribution >= 0.6 is 0 Å². The molecule has 0 saturated carbocycles. The molecule has 0 aromatic heterocycles. The van der Waals surface area contributed by atoms with E-state index in [0.717, 1.165) is 19.5 Å². The summed E-state index contributed by atoms with van der Waals surface area (Å²) in [6.45, 7) is 6.49. The molecule has 0 spiro atoms. The molecule has 3 unspecified atom stereocenters. The van der Waals surface area contributed by atoms with Crippen molar-refractivity contribution in [1.29, 1.82) is 0 Å². The summed E-state index contributed by atoms with van der Waals surface area (Å²) in [4.78, 5) is 2.46. The number of hydrogen-bond donors (Lipinski definition) is 1. The Balaban J connectivity index is 2.05. The molecular formula is C16H26N2O. The Morgan fingerprint density at radius 1 is 1.32 bits per heavy atom. The van der Waals surface area contributed by atoms with Gasteiger partial charge in [0.25, 0.3) is 0 Å². The molecule has 1 aliphatic rings. The van der Waals surface area contributed by atoms with Crippen LogP contribution < -0.4 is 5.73 Å². The standard InChI is InChI=1S/C16H26N2O/c1-13(15(17)14-8-5-4-6-9-14)18-11-7-10-16(2,12-18)19-3/h4-6,8-9,13,15H,7,10-12,17H2,1-3H3. The SMILES string of the molecule is COC1(C)CCCN(C(C)C(N)c2ccccc2)C1. The molecule has 1 fully saturated rings. The summed E-state index contributed by atoms with van der Waals surface area (Å²) in [5.41, 5.74) is 7.60. The average molecular weight is 262 g/mol. The van der Waals surface area contributed by atoms with Gasteiger partial charge >= 0.3 is 0 Å². The first-order valence-electron chi connectivity index (χ1n) is 7.15. The predicted octanol–water partition coefficient (Wildman–Crippen LogP) is 2.58. The van der Waals surface area contributed by atoms with E-state index in [9.17, 15) is 0 Å². The summed E-state index contributed by atoms with van der Waals surface area (Å²) in [5.74, 6) is 0. The second-order valence-corrected chi connectivity index (χ2v) is 5.91. The minimum atomic E-state index is -0.0249. The molecule has 3 heteroatoms. The lowest BCUT2D eigenvalue weighted by atomic mass is 9.91. The van der Waals surface area contributed by atoms with Crippen molar-refractivity contribution >= 4 is 0 Å². The minimum absolute atomic E-state index is 0.0249. The van der Waals surface area contributed by atoms with Crippen molar-refractivity contribution < 1.29 is 4.74 Å². The monoisotopic (exact) mass is 262 g/mol. The van der Waals surface area contributed by atoms with Crippen molar-refractivity contribution in [1.82, 2.24) is 4.90 Å². The molecule has 1 heterocycles. The van der Waals surface area contributed by atoms with Gasteiger partial charge in [0.2, 0.25) is 0 Å². The summed E-state index contributed by atoms with van der Waals surface area (Å²) in [7, 11) is 1.81. The Labute approximate surface area is 116 Å². The molecule has 0 bridgehead atoms. The van der Waals surface area contributed by atoms with Gasteiger partial charge in [-0.15, -0.1) is 0 Å². The highest BCUT2D eigenvalue weighted by Gasteiger charge is 2.34. The zero-order chi connectivity index (χ0) is 13.9. The Morgan fingerprint density at radius 3 is 2.63 bits per heavy atom. The Morgan fingerprint density at radius 2 is 2.00 bits per heavy atom. The van der Waals surface area contributed by atoms with Gasteiger partial charge in [0.15, 0.2) is 0 Å². The molecule has 19 heavy (non-hydrogen) atoms. The van der Waals surface area contributed by atoms with Crippen LogP contribution in [0.2, 0.25) is 0 Å². The van der Waals surface area contributed by atoms with Crippen molar-refractivity contribution in [2.45, 2.75) is 44.4 Å². The van der Waals surface area contributed by atoms with E-state index in [0.29, 0.717) is 6.04 Å². The molecule has 1 aromatic rings. The number of hydrogen-bond acceptors (Lipinski definition) is 3. The first kappa shape index (κ1) is 14.5. The van der Waals surface area contributed by atoms with Crippen LogP contribution in [-0.2, 0) is 4.74 Å². The second kappa shape index (κ2) is 6.04. The van der Waals surface area contributed by atoms with E-state index in [-0.39, 0.29) is 11.6 Å². The third-order valence-electron chi connectivity index (χ3n) is 4.46. The quantitative estimate of drug-likeness (QED) is 0.906. The van der Waals surface area contributed by atoms with Crippen LogP contribution in [0.25, 0.3) is 0 Å². The highest BCUT2D eigenvalue weighted by Crippen LogP contribution is 2.28. The van der Waals surface area contributed by atoms with Crippen LogP contribution in [0.1, 0.15) is 38.3 Å². The lowest BCUT2D eigenvalue weighted by Crippen LogP contribution is -2.52. The number of rotatable bonds is 4. The topological polar surface area (TPSA) is 38.5 Å². The average Bonchev–Trinajstić information content (AvgIpc) is 2.46.